The van der Waals surface area contributed by atoms with Crippen LogP contribution in [0.5, 0.6) is 0 Å². The highest BCUT2D eigenvalue weighted by molar-refractivity contribution is 5.83. The van der Waals surface area contributed by atoms with Crippen LogP contribution < -0.4 is 0 Å². The zero-order valence-corrected chi connectivity index (χ0v) is 5.68. The molecule has 1 aliphatic rings. The average molecular weight is 126 g/mol. The minimum Gasteiger partial charge on any atom is -0.462 e. The third-order valence-electron chi connectivity index (χ3n) is 1.60. The Balaban J connectivity index is 2.72. The van der Waals surface area contributed by atoms with Gasteiger partial charge in [-0.3, -0.25) is 0 Å². The molecule has 0 N–H and O–H groups in total. The lowest BCUT2D eigenvalue weighted by atomic mass is 10.0. The van der Waals surface area contributed by atoms with E-state index in [0.29, 0.717) is 12.5 Å². The van der Waals surface area contributed by atoms with Crippen molar-refractivity contribution in [1.82, 2.24) is 0 Å². The van der Waals surface area contributed by atoms with Crippen LogP contribution in [-0.4, -0.2) is 12.6 Å². The number of rotatable bonds is 0. The minimum atomic E-state index is -0.203. The fourth-order valence-electron chi connectivity index (χ4n) is 0.708. The Labute approximate surface area is 54.5 Å². The molecule has 0 aromatic rings. The van der Waals surface area contributed by atoms with Crippen molar-refractivity contribution in [2.24, 2.45) is 5.92 Å². The molecule has 0 aliphatic carbocycles. The van der Waals surface area contributed by atoms with Gasteiger partial charge in [0.1, 0.15) is 0 Å². The van der Waals surface area contributed by atoms with E-state index in [1.54, 1.807) is 6.08 Å². The van der Waals surface area contributed by atoms with Gasteiger partial charge in [-0.25, -0.2) is 4.79 Å². The van der Waals surface area contributed by atoms with Crippen LogP contribution in [0.4, 0.5) is 0 Å². The third-order valence-corrected chi connectivity index (χ3v) is 1.60. The normalized spacial score (nSPS) is 27.1. The van der Waals surface area contributed by atoms with E-state index in [1.807, 2.05) is 13.8 Å². The molecule has 1 rings (SSSR count). The molecule has 2 nitrogen and oxygen atoms in total. The van der Waals surface area contributed by atoms with Gasteiger partial charge in [0.2, 0.25) is 0 Å². The number of esters is 1. The SMILES string of the molecule is CC1=CC(=O)OCC1C. The lowest BCUT2D eigenvalue weighted by Gasteiger charge is -2.16. The standard InChI is InChI=1S/C7H10O2/c1-5-3-7(8)9-4-6(5)2/h3,6H,4H2,1-2H3. The molecule has 1 unspecified atom stereocenters. The Morgan fingerprint density at radius 2 is 2.44 bits per heavy atom. The molecule has 0 radical (unpaired) electrons. The highest BCUT2D eigenvalue weighted by atomic mass is 16.5. The summed E-state index contributed by atoms with van der Waals surface area (Å²) in [5.41, 5.74) is 1.12. The molecule has 0 aromatic carbocycles. The molecule has 9 heavy (non-hydrogen) atoms. The van der Waals surface area contributed by atoms with E-state index < -0.39 is 0 Å². The summed E-state index contributed by atoms with van der Waals surface area (Å²) < 4.78 is 4.75. The van der Waals surface area contributed by atoms with Crippen molar-refractivity contribution >= 4 is 5.97 Å². The molecule has 0 spiro atoms. The van der Waals surface area contributed by atoms with Crippen LogP contribution in [0.25, 0.3) is 0 Å². The molecular formula is C7H10O2. The van der Waals surface area contributed by atoms with Gasteiger partial charge in [0.05, 0.1) is 6.61 Å². The first-order valence-corrected chi connectivity index (χ1v) is 3.05. The third kappa shape index (κ3) is 1.31. The molecule has 0 aromatic heterocycles. The van der Waals surface area contributed by atoms with Crippen molar-refractivity contribution in [2.45, 2.75) is 13.8 Å². The van der Waals surface area contributed by atoms with Crippen molar-refractivity contribution in [3.63, 3.8) is 0 Å². The van der Waals surface area contributed by atoms with Crippen molar-refractivity contribution in [3.05, 3.63) is 11.6 Å². The second-order valence-electron chi connectivity index (χ2n) is 2.42. The summed E-state index contributed by atoms with van der Waals surface area (Å²) in [4.78, 5) is 10.5. The van der Waals surface area contributed by atoms with Gasteiger partial charge < -0.3 is 4.74 Å². The molecule has 0 saturated carbocycles. The van der Waals surface area contributed by atoms with Crippen molar-refractivity contribution in [1.29, 1.82) is 0 Å². The molecule has 2 heteroatoms. The fourth-order valence-corrected chi connectivity index (χ4v) is 0.708. The second-order valence-corrected chi connectivity index (χ2v) is 2.42. The first-order chi connectivity index (χ1) is 4.20. The maximum absolute atomic E-state index is 10.5. The van der Waals surface area contributed by atoms with Crippen molar-refractivity contribution in [2.75, 3.05) is 6.61 Å². The number of cyclic esters (lactones) is 1. The fraction of sp³-hybridized carbons (Fsp3) is 0.571. The zero-order valence-electron chi connectivity index (χ0n) is 5.68. The van der Waals surface area contributed by atoms with E-state index in [4.69, 9.17) is 4.74 Å². The van der Waals surface area contributed by atoms with E-state index in [9.17, 15) is 4.79 Å². The highest BCUT2D eigenvalue weighted by Gasteiger charge is 2.13. The molecule has 50 valence electrons. The van der Waals surface area contributed by atoms with E-state index in [-0.39, 0.29) is 5.97 Å². The maximum atomic E-state index is 10.5. The summed E-state index contributed by atoms with van der Waals surface area (Å²) in [5.74, 6) is 0.202. The zero-order chi connectivity index (χ0) is 6.85. The largest absolute Gasteiger partial charge is 0.462 e. The van der Waals surface area contributed by atoms with E-state index >= 15 is 0 Å². The van der Waals surface area contributed by atoms with E-state index in [0.717, 1.165) is 5.57 Å². The predicted octanol–water partition coefficient (Wildman–Crippen LogP) is 1.13. The molecule has 0 fully saturated rings. The number of hydrogen-bond donors (Lipinski definition) is 0. The number of hydrogen-bond acceptors (Lipinski definition) is 2. The van der Waals surface area contributed by atoms with Gasteiger partial charge in [-0.15, -0.1) is 0 Å². The van der Waals surface area contributed by atoms with Gasteiger partial charge >= 0.3 is 5.97 Å². The average Bonchev–Trinajstić information content (AvgIpc) is 1.80. The Kier molecular flexibility index (Phi) is 1.56. The van der Waals surface area contributed by atoms with Gasteiger partial charge in [0.15, 0.2) is 0 Å². The van der Waals surface area contributed by atoms with Crippen LogP contribution in [0.15, 0.2) is 11.6 Å². The number of ether oxygens (including phenoxy) is 1. The van der Waals surface area contributed by atoms with E-state index in [2.05, 4.69) is 0 Å². The Morgan fingerprint density at radius 3 is 2.89 bits per heavy atom. The highest BCUT2D eigenvalue weighted by Crippen LogP contribution is 2.14. The topological polar surface area (TPSA) is 26.3 Å². The summed E-state index contributed by atoms with van der Waals surface area (Å²) in [6.07, 6.45) is 1.55. The number of carbonyl (C=O) groups excluding carboxylic acids is 1. The summed E-state index contributed by atoms with van der Waals surface area (Å²) in [6.45, 7) is 4.53. The summed E-state index contributed by atoms with van der Waals surface area (Å²) in [6, 6.07) is 0. The first kappa shape index (κ1) is 6.33. The minimum absolute atomic E-state index is 0.203. The Hall–Kier alpha value is -0.790. The van der Waals surface area contributed by atoms with Gasteiger partial charge in [0.25, 0.3) is 0 Å². The predicted molar refractivity (Wildman–Crippen MR) is 33.9 cm³/mol. The number of carbonyl (C=O) groups is 1. The molecule has 0 bridgehead atoms. The van der Waals surface area contributed by atoms with Crippen LogP contribution in [0, 0.1) is 5.92 Å². The second kappa shape index (κ2) is 2.21. The lowest BCUT2D eigenvalue weighted by Crippen LogP contribution is -2.17. The van der Waals surface area contributed by atoms with Gasteiger partial charge in [-0.1, -0.05) is 12.5 Å². The maximum Gasteiger partial charge on any atom is 0.330 e. The molecule has 1 aliphatic heterocycles. The smallest absolute Gasteiger partial charge is 0.330 e. The summed E-state index contributed by atoms with van der Waals surface area (Å²) >= 11 is 0. The summed E-state index contributed by atoms with van der Waals surface area (Å²) in [7, 11) is 0. The van der Waals surface area contributed by atoms with Crippen LogP contribution in [0.3, 0.4) is 0 Å². The van der Waals surface area contributed by atoms with E-state index in [1.165, 1.54) is 0 Å². The monoisotopic (exact) mass is 126 g/mol. The Bertz CT molecular complexity index is 158. The van der Waals surface area contributed by atoms with Gasteiger partial charge in [-0.2, -0.15) is 0 Å². The molecule has 1 heterocycles. The molecular weight excluding hydrogens is 116 g/mol. The molecule has 0 saturated heterocycles. The van der Waals surface area contributed by atoms with Crippen LogP contribution in [0.2, 0.25) is 0 Å². The van der Waals surface area contributed by atoms with Crippen LogP contribution in [0.1, 0.15) is 13.8 Å². The molecule has 0 amide bonds. The lowest BCUT2D eigenvalue weighted by molar-refractivity contribution is -0.139. The van der Waals surface area contributed by atoms with Gasteiger partial charge in [-0.05, 0) is 6.92 Å². The molecule has 1 atom stereocenters. The quantitative estimate of drug-likeness (QED) is 0.455. The summed E-state index contributed by atoms with van der Waals surface area (Å²) in [5, 5.41) is 0. The van der Waals surface area contributed by atoms with Crippen molar-refractivity contribution < 1.29 is 9.53 Å². The Morgan fingerprint density at radius 1 is 1.78 bits per heavy atom. The van der Waals surface area contributed by atoms with Crippen LogP contribution in [-0.2, 0) is 9.53 Å². The van der Waals surface area contributed by atoms with Crippen molar-refractivity contribution in [3.8, 4) is 0 Å². The van der Waals surface area contributed by atoms with Gasteiger partial charge in [0, 0.05) is 12.0 Å². The van der Waals surface area contributed by atoms with Crippen LogP contribution >= 0.6 is 0 Å². The first-order valence-electron chi connectivity index (χ1n) is 3.05.